The van der Waals surface area contributed by atoms with Gasteiger partial charge in [0, 0.05) is 24.6 Å². The maximum atomic E-state index is 12.2. The fourth-order valence-corrected chi connectivity index (χ4v) is 1.99. The molecule has 2 heterocycles. The van der Waals surface area contributed by atoms with E-state index in [1.165, 1.54) is 0 Å². The van der Waals surface area contributed by atoms with Crippen LogP contribution in [0.4, 0.5) is 5.69 Å². The highest BCUT2D eigenvalue weighted by atomic mass is 16.5. The molecule has 1 amide bonds. The van der Waals surface area contributed by atoms with Gasteiger partial charge in [-0.1, -0.05) is 0 Å². The van der Waals surface area contributed by atoms with E-state index >= 15 is 0 Å². The first kappa shape index (κ1) is 16.7. The van der Waals surface area contributed by atoms with E-state index in [1.54, 1.807) is 35.6 Å². The molecule has 124 valence electrons. The standard InChI is InChI=1S/C15H21N5O3/c1-5-19-8-12(14(18-19)15(22)23-10(2)3)17-13(21)9-20-11(4)6-7-16-20/h6-8,10H,5,9H2,1-4H3,(H,17,21). The third kappa shape index (κ3) is 4.18. The normalized spacial score (nSPS) is 10.8. The summed E-state index contributed by atoms with van der Waals surface area (Å²) in [7, 11) is 0. The molecule has 0 aliphatic heterocycles. The lowest BCUT2D eigenvalue weighted by Gasteiger charge is -2.08. The third-order valence-corrected chi connectivity index (χ3v) is 3.12. The van der Waals surface area contributed by atoms with Crippen molar-refractivity contribution in [1.29, 1.82) is 0 Å². The van der Waals surface area contributed by atoms with Gasteiger partial charge in [-0.2, -0.15) is 10.2 Å². The minimum Gasteiger partial charge on any atom is -0.458 e. The number of aryl methyl sites for hydroxylation is 2. The molecule has 0 aromatic carbocycles. The molecule has 0 atom stereocenters. The van der Waals surface area contributed by atoms with Crippen LogP contribution in [-0.2, 0) is 22.6 Å². The predicted molar refractivity (Wildman–Crippen MR) is 84.0 cm³/mol. The number of nitrogens with zero attached hydrogens (tertiary/aromatic N) is 4. The van der Waals surface area contributed by atoms with Gasteiger partial charge in [-0.3, -0.25) is 14.2 Å². The second-order valence-electron chi connectivity index (χ2n) is 5.38. The summed E-state index contributed by atoms with van der Waals surface area (Å²) in [5, 5.41) is 10.9. The first-order valence-electron chi connectivity index (χ1n) is 7.47. The number of ether oxygens (including phenoxy) is 1. The maximum absolute atomic E-state index is 12.2. The summed E-state index contributed by atoms with van der Waals surface area (Å²) in [6.45, 7) is 7.91. The van der Waals surface area contributed by atoms with Gasteiger partial charge in [0.2, 0.25) is 5.91 Å². The van der Waals surface area contributed by atoms with Crippen molar-refractivity contribution >= 4 is 17.6 Å². The highest BCUT2D eigenvalue weighted by Crippen LogP contribution is 2.16. The lowest BCUT2D eigenvalue weighted by Crippen LogP contribution is -2.22. The van der Waals surface area contributed by atoms with Crippen LogP contribution in [-0.4, -0.2) is 37.5 Å². The van der Waals surface area contributed by atoms with Crippen molar-refractivity contribution in [3.05, 3.63) is 29.8 Å². The molecule has 0 spiro atoms. The van der Waals surface area contributed by atoms with Gasteiger partial charge in [0.15, 0.2) is 5.69 Å². The van der Waals surface area contributed by atoms with Crippen LogP contribution in [0.2, 0.25) is 0 Å². The molecule has 23 heavy (non-hydrogen) atoms. The average Bonchev–Trinajstić information content (AvgIpc) is 3.05. The Bertz CT molecular complexity index is 702. The highest BCUT2D eigenvalue weighted by Gasteiger charge is 2.21. The Morgan fingerprint density at radius 1 is 1.39 bits per heavy atom. The van der Waals surface area contributed by atoms with Crippen LogP contribution in [0.5, 0.6) is 0 Å². The summed E-state index contributed by atoms with van der Waals surface area (Å²) in [4.78, 5) is 24.3. The monoisotopic (exact) mass is 319 g/mol. The van der Waals surface area contributed by atoms with E-state index in [2.05, 4.69) is 15.5 Å². The molecule has 8 nitrogen and oxygen atoms in total. The van der Waals surface area contributed by atoms with Crippen molar-refractivity contribution in [2.45, 2.75) is 46.9 Å². The summed E-state index contributed by atoms with van der Waals surface area (Å²) < 4.78 is 8.31. The molecular weight excluding hydrogens is 298 g/mol. The molecule has 2 aromatic heterocycles. The van der Waals surface area contributed by atoms with Crippen LogP contribution in [0.3, 0.4) is 0 Å². The van der Waals surface area contributed by atoms with E-state index < -0.39 is 5.97 Å². The fourth-order valence-electron chi connectivity index (χ4n) is 1.99. The number of rotatable bonds is 6. The first-order valence-corrected chi connectivity index (χ1v) is 7.47. The zero-order valence-electron chi connectivity index (χ0n) is 13.7. The van der Waals surface area contributed by atoms with Crippen LogP contribution < -0.4 is 5.32 Å². The number of hydrogen-bond donors (Lipinski definition) is 1. The van der Waals surface area contributed by atoms with E-state index in [1.807, 2.05) is 19.9 Å². The zero-order valence-corrected chi connectivity index (χ0v) is 13.7. The largest absolute Gasteiger partial charge is 0.458 e. The topological polar surface area (TPSA) is 91.0 Å². The Morgan fingerprint density at radius 3 is 2.70 bits per heavy atom. The van der Waals surface area contributed by atoms with Gasteiger partial charge in [-0.05, 0) is 33.8 Å². The Morgan fingerprint density at radius 2 is 2.13 bits per heavy atom. The minimum atomic E-state index is -0.558. The molecule has 2 aromatic rings. The lowest BCUT2D eigenvalue weighted by molar-refractivity contribution is -0.116. The van der Waals surface area contributed by atoms with E-state index in [0.29, 0.717) is 12.2 Å². The molecule has 0 unspecified atom stereocenters. The third-order valence-electron chi connectivity index (χ3n) is 3.12. The van der Waals surface area contributed by atoms with Gasteiger partial charge >= 0.3 is 5.97 Å². The predicted octanol–water partition coefficient (Wildman–Crippen LogP) is 1.61. The van der Waals surface area contributed by atoms with E-state index in [-0.39, 0.29) is 24.2 Å². The molecule has 0 aliphatic rings. The summed E-state index contributed by atoms with van der Waals surface area (Å²) in [5.74, 6) is -0.844. The molecule has 0 fully saturated rings. The summed E-state index contributed by atoms with van der Waals surface area (Å²) in [5.41, 5.74) is 1.32. The number of esters is 1. The number of carbonyl (C=O) groups excluding carboxylic acids is 2. The number of anilines is 1. The van der Waals surface area contributed by atoms with Crippen molar-refractivity contribution in [3.63, 3.8) is 0 Å². The van der Waals surface area contributed by atoms with Crippen molar-refractivity contribution in [3.8, 4) is 0 Å². The number of carbonyl (C=O) groups is 2. The van der Waals surface area contributed by atoms with E-state index in [4.69, 9.17) is 4.74 Å². The molecule has 2 rings (SSSR count). The van der Waals surface area contributed by atoms with Crippen molar-refractivity contribution in [2.75, 3.05) is 5.32 Å². The fraction of sp³-hybridized carbons (Fsp3) is 0.467. The van der Waals surface area contributed by atoms with Gasteiger partial charge in [0.25, 0.3) is 0 Å². The van der Waals surface area contributed by atoms with Crippen LogP contribution in [0.15, 0.2) is 18.5 Å². The summed E-state index contributed by atoms with van der Waals surface area (Å²) in [6.07, 6.45) is 2.98. The average molecular weight is 319 g/mol. The second kappa shape index (κ2) is 7.08. The van der Waals surface area contributed by atoms with E-state index in [9.17, 15) is 9.59 Å². The van der Waals surface area contributed by atoms with Gasteiger partial charge in [-0.25, -0.2) is 4.79 Å². The Balaban J connectivity index is 2.14. The molecule has 1 N–H and O–H groups in total. The van der Waals surface area contributed by atoms with Crippen LogP contribution in [0, 0.1) is 6.92 Å². The number of nitrogens with one attached hydrogen (secondary N) is 1. The van der Waals surface area contributed by atoms with E-state index in [0.717, 1.165) is 5.69 Å². The number of hydrogen-bond acceptors (Lipinski definition) is 5. The molecule has 8 heteroatoms. The molecule has 0 bridgehead atoms. The SMILES string of the molecule is CCn1cc(NC(=O)Cn2nccc2C)c(C(=O)OC(C)C)n1. The Hall–Kier alpha value is -2.64. The van der Waals surface area contributed by atoms with Crippen molar-refractivity contribution < 1.29 is 14.3 Å². The summed E-state index contributed by atoms with van der Waals surface area (Å²) >= 11 is 0. The van der Waals surface area contributed by atoms with Crippen LogP contribution >= 0.6 is 0 Å². The highest BCUT2D eigenvalue weighted by molar-refractivity contribution is 5.99. The van der Waals surface area contributed by atoms with Crippen molar-refractivity contribution in [1.82, 2.24) is 19.6 Å². The van der Waals surface area contributed by atoms with Gasteiger partial charge in [0.1, 0.15) is 6.54 Å². The quantitative estimate of drug-likeness (QED) is 0.817. The molecule has 0 saturated heterocycles. The Labute approximate surface area is 134 Å². The van der Waals surface area contributed by atoms with Gasteiger partial charge < -0.3 is 10.1 Å². The van der Waals surface area contributed by atoms with Crippen LogP contribution in [0.1, 0.15) is 37.0 Å². The second-order valence-corrected chi connectivity index (χ2v) is 5.38. The lowest BCUT2D eigenvalue weighted by atomic mass is 10.3. The number of amides is 1. The van der Waals surface area contributed by atoms with Crippen molar-refractivity contribution in [2.24, 2.45) is 0 Å². The maximum Gasteiger partial charge on any atom is 0.361 e. The molecular formula is C15H21N5O3. The smallest absolute Gasteiger partial charge is 0.361 e. The first-order chi connectivity index (χ1) is 10.9. The minimum absolute atomic E-state index is 0.0643. The zero-order chi connectivity index (χ0) is 17.0. The van der Waals surface area contributed by atoms with Gasteiger partial charge in [-0.15, -0.1) is 0 Å². The molecule has 0 radical (unpaired) electrons. The van der Waals surface area contributed by atoms with Crippen LogP contribution in [0.25, 0.3) is 0 Å². The Kier molecular flexibility index (Phi) is 5.15. The number of aromatic nitrogens is 4. The summed E-state index contributed by atoms with van der Waals surface area (Å²) in [6, 6.07) is 1.81. The van der Waals surface area contributed by atoms with Gasteiger partial charge in [0.05, 0.1) is 11.8 Å². The molecule has 0 saturated carbocycles. The molecule has 0 aliphatic carbocycles.